The van der Waals surface area contributed by atoms with Gasteiger partial charge in [0.15, 0.2) is 0 Å². The molecular formula is C8H12N2O. The Morgan fingerprint density at radius 1 is 1.55 bits per heavy atom. The second kappa shape index (κ2) is 2.78. The summed E-state index contributed by atoms with van der Waals surface area (Å²) in [5.74, 6) is 0.145. The summed E-state index contributed by atoms with van der Waals surface area (Å²) < 4.78 is 1.78. The van der Waals surface area contributed by atoms with Crippen molar-refractivity contribution in [2.45, 2.75) is 19.9 Å². The van der Waals surface area contributed by atoms with E-state index < -0.39 is 0 Å². The minimum atomic E-state index is 0.145. The Labute approximate surface area is 65.4 Å². The molecule has 1 aromatic rings. The monoisotopic (exact) mass is 152 g/mol. The Hall–Kier alpha value is -1.25. The van der Waals surface area contributed by atoms with Crippen LogP contribution in [0.1, 0.15) is 19.9 Å². The number of aromatic hydroxyl groups is 1. The summed E-state index contributed by atoms with van der Waals surface area (Å²) in [6, 6.07) is 3.28. The van der Waals surface area contributed by atoms with Crippen molar-refractivity contribution in [1.82, 2.24) is 4.57 Å². The van der Waals surface area contributed by atoms with Crippen molar-refractivity contribution in [2.75, 3.05) is 0 Å². The molecule has 1 rings (SSSR count). The van der Waals surface area contributed by atoms with Crippen LogP contribution in [0.2, 0.25) is 0 Å². The van der Waals surface area contributed by atoms with Crippen molar-refractivity contribution < 1.29 is 5.11 Å². The van der Waals surface area contributed by atoms with Crippen molar-refractivity contribution in [2.24, 2.45) is 0 Å². The predicted octanol–water partition coefficient (Wildman–Crippen LogP) is 1.25. The van der Waals surface area contributed by atoms with Gasteiger partial charge in [-0.05, 0) is 19.9 Å². The van der Waals surface area contributed by atoms with Gasteiger partial charge in [-0.1, -0.05) is 0 Å². The van der Waals surface area contributed by atoms with E-state index in [1.54, 1.807) is 16.8 Å². The first-order valence-electron chi connectivity index (χ1n) is 3.57. The van der Waals surface area contributed by atoms with Gasteiger partial charge in [0, 0.05) is 18.3 Å². The van der Waals surface area contributed by atoms with E-state index in [1.807, 2.05) is 13.8 Å². The fourth-order valence-corrected chi connectivity index (χ4v) is 0.950. The molecule has 0 saturated heterocycles. The topological polar surface area (TPSA) is 49.0 Å². The highest BCUT2D eigenvalue weighted by atomic mass is 16.3. The molecule has 0 aliphatic rings. The molecule has 0 bridgehead atoms. The van der Waals surface area contributed by atoms with Crippen LogP contribution in [0.4, 0.5) is 0 Å². The number of rotatable bonds is 1. The van der Waals surface area contributed by atoms with Gasteiger partial charge in [-0.25, -0.2) is 0 Å². The van der Waals surface area contributed by atoms with Crippen LogP contribution in [-0.4, -0.2) is 9.67 Å². The molecule has 0 amide bonds. The van der Waals surface area contributed by atoms with Crippen LogP contribution in [0.3, 0.4) is 0 Å². The molecule has 1 heterocycles. The molecule has 0 fully saturated rings. The average Bonchev–Trinajstić information content (AvgIpc) is 1.85. The van der Waals surface area contributed by atoms with E-state index >= 15 is 0 Å². The van der Waals surface area contributed by atoms with Crippen molar-refractivity contribution in [3.05, 3.63) is 23.8 Å². The zero-order chi connectivity index (χ0) is 8.43. The summed E-state index contributed by atoms with van der Waals surface area (Å²) in [5.41, 5.74) is 0.333. The fraction of sp³-hybridized carbons (Fsp3) is 0.375. The molecule has 0 radical (unpaired) electrons. The van der Waals surface area contributed by atoms with Gasteiger partial charge in [-0.3, -0.25) is 5.41 Å². The van der Waals surface area contributed by atoms with E-state index in [4.69, 9.17) is 10.5 Å². The van der Waals surface area contributed by atoms with Gasteiger partial charge >= 0.3 is 0 Å². The van der Waals surface area contributed by atoms with Crippen molar-refractivity contribution in [1.29, 1.82) is 5.41 Å². The van der Waals surface area contributed by atoms with E-state index in [0.29, 0.717) is 5.49 Å². The third-order valence-electron chi connectivity index (χ3n) is 1.53. The first kappa shape index (κ1) is 7.85. The fourth-order valence-electron chi connectivity index (χ4n) is 0.950. The summed E-state index contributed by atoms with van der Waals surface area (Å²) >= 11 is 0. The maximum atomic E-state index is 8.99. The van der Waals surface area contributed by atoms with E-state index in [2.05, 4.69) is 0 Å². The van der Waals surface area contributed by atoms with E-state index in [-0.39, 0.29) is 11.8 Å². The molecule has 11 heavy (non-hydrogen) atoms. The van der Waals surface area contributed by atoms with Gasteiger partial charge in [-0.2, -0.15) is 0 Å². The molecule has 0 aromatic carbocycles. The Balaban J connectivity index is 3.21. The Morgan fingerprint density at radius 2 is 2.18 bits per heavy atom. The molecule has 1 aromatic heterocycles. The Morgan fingerprint density at radius 3 is 2.64 bits per heavy atom. The minimum absolute atomic E-state index is 0.145. The van der Waals surface area contributed by atoms with Crippen LogP contribution < -0.4 is 5.49 Å². The smallest absolute Gasteiger partial charge is 0.128 e. The molecule has 0 aliphatic heterocycles. The normalized spacial score (nSPS) is 10.5. The number of hydrogen-bond donors (Lipinski definition) is 2. The minimum Gasteiger partial charge on any atom is -0.508 e. The Bertz CT molecular complexity index is 301. The third kappa shape index (κ3) is 1.61. The summed E-state index contributed by atoms with van der Waals surface area (Å²) in [7, 11) is 0. The van der Waals surface area contributed by atoms with Gasteiger partial charge in [-0.15, -0.1) is 0 Å². The highest BCUT2D eigenvalue weighted by Crippen LogP contribution is 2.04. The number of hydrogen-bond acceptors (Lipinski definition) is 2. The standard InChI is InChI=1S/C8H12N2O/c1-6(2)10-4-3-7(11)5-8(10)9/h3-6,9,11H,1-2H3. The van der Waals surface area contributed by atoms with E-state index in [1.165, 1.54) is 6.07 Å². The summed E-state index contributed by atoms with van der Waals surface area (Å²) in [6.07, 6.45) is 1.71. The first-order valence-corrected chi connectivity index (χ1v) is 3.57. The van der Waals surface area contributed by atoms with Gasteiger partial charge in [0.25, 0.3) is 0 Å². The van der Waals surface area contributed by atoms with Gasteiger partial charge in [0.05, 0.1) is 0 Å². The lowest BCUT2D eigenvalue weighted by Gasteiger charge is -2.09. The van der Waals surface area contributed by atoms with Crippen LogP contribution in [0.15, 0.2) is 18.3 Å². The molecule has 0 atom stereocenters. The van der Waals surface area contributed by atoms with Crippen LogP contribution in [0.5, 0.6) is 5.75 Å². The third-order valence-corrected chi connectivity index (χ3v) is 1.53. The molecule has 0 spiro atoms. The lowest BCUT2D eigenvalue weighted by Crippen LogP contribution is -2.19. The maximum absolute atomic E-state index is 8.99. The first-order chi connectivity index (χ1) is 5.11. The molecule has 0 unspecified atom stereocenters. The summed E-state index contributed by atoms with van der Waals surface area (Å²) in [6.45, 7) is 3.99. The lowest BCUT2D eigenvalue weighted by atomic mass is 10.3. The zero-order valence-corrected chi connectivity index (χ0v) is 6.70. The zero-order valence-electron chi connectivity index (χ0n) is 6.70. The largest absolute Gasteiger partial charge is 0.508 e. The van der Waals surface area contributed by atoms with Gasteiger partial charge in [0.1, 0.15) is 11.2 Å². The second-order valence-corrected chi connectivity index (χ2v) is 2.77. The van der Waals surface area contributed by atoms with Crippen molar-refractivity contribution in [3.8, 4) is 5.75 Å². The van der Waals surface area contributed by atoms with Gasteiger partial charge in [0.2, 0.25) is 0 Å². The molecule has 0 aliphatic carbocycles. The van der Waals surface area contributed by atoms with Crippen molar-refractivity contribution >= 4 is 0 Å². The molecular weight excluding hydrogens is 140 g/mol. The highest BCUT2D eigenvalue weighted by Gasteiger charge is 1.96. The molecule has 0 saturated carbocycles. The molecule has 3 heteroatoms. The highest BCUT2D eigenvalue weighted by molar-refractivity contribution is 5.14. The number of pyridine rings is 1. The molecule has 3 nitrogen and oxygen atoms in total. The summed E-state index contributed by atoms with van der Waals surface area (Å²) in [5, 5.41) is 16.4. The van der Waals surface area contributed by atoms with Crippen LogP contribution in [-0.2, 0) is 0 Å². The lowest BCUT2D eigenvalue weighted by molar-refractivity contribution is 0.465. The van der Waals surface area contributed by atoms with E-state index in [0.717, 1.165) is 0 Å². The maximum Gasteiger partial charge on any atom is 0.128 e. The molecule has 60 valence electrons. The average molecular weight is 152 g/mol. The number of aromatic nitrogens is 1. The van der Waals surface area contributed by atoms with Crippen LogP contribution in [0, 0.1) is 5.41 Å². The Kier molecular flexibility index (Phi) is 1.98. The van der Waals surface area contributed by atoms with Crippen molar-refractivity contribution in [3.63, 3.8) is 0 Å². The number of nitrogens with zero attached hydrogens (tertiary/aromatic N) is 1. The predicted molar refractivity (Wildman–Crippen MR) is 42.3 cm³/mol. The quantitative estimate of drug-likeness (QED) is 0.625. The van der Waals surface area contributed by atoms with E-state index in [9.17, 15) is 0 Å². The molecule has 2 N–H and O–H groups in total. The SMILES string of the molecule is CC(C)n1ccc(O)cc1=N. The van der Waals surface area contributed by atoms with Crippen LogP contribution >= 0.6 is 0 Å². The van der Waals surface area contributed by atoms with Crippen LogP contribution in [0.25, 0.3) is 0 Å². The second-order valence-electron chi connectivity index (χ2n) is 2.77. The van der Waals surface area contributed by atoms with Gasteiger partial charge < -0.3 is 9.67 Å². The summed E-state index contributed by atoms with van der Waals surface area (Å²) in [4.78, 5) is 0. The number of nitrogens with one attached hydrogen (secondary N) is 1.